The van der Waals surface area contributed by atoms with Crippen molar-refractivity contribution in [2.24, 2.45) is 5.92 Å². The summed E-state index contributed by atoms with van der Waals surface area (Å²) in [7, 11) is 2.04. The summed E-state index contributed by atoms with van der Waals surface area (Å²) in [5, 5.41) is 3.07. The van der Waals surface area contributed by atoms with E-state index < -0.39 is 0 Å². The maximum absolute atomic E-state index is 12.0. The van der Waals surface area contributed by atoms with Gasteiger partial charge < -0.3 is 5.32 Å². The number of likely N-dealkylation sites (tertiary alicyclic amines) is 1. The second-order valence-electron chi connectivity index (χ2n) is 5.79. The first-order valence-electron chi connectivity index (χ1n) is 7.79. The number of nitrogens with one attached hydrogen (secondary N) is 1. The Morgan fingerprint density at radius 2 is 2.26 bits per heavy atom. The number of hydrogen-bond acceptors (Lipinski definition) is 2. The standard InChI is InChI=1S/C16H30N2O/c1-4-5-6-7-8-10-14(2)13-17-16(19)15-11-9-12-18(15)3/h8,10,14-15H,4-7,9,11-13H2,1-3H3,(H,17,19)/b10-8-/t14?,15-/m0/s1. The summed E-state index contributed by atoms with van der Waals surface area (Å²) >= 11 is 0. The van der Waals surface area contributed by atoms with Gasteiger partial charge in [0, 0.05) is 6.54 Å². The monoisotopic (exact) mass is 266 g/mol. The van der Waals surface area contributed by atoms with E-state index in [9.17, 15) is 4.79 Å². The molecule has 1 amide bonds. The van der Waals surface area contributed by atoms with E-state index in [0.29, 0.717) is 5.92 Å². The molecule has 1 aliphatic rings. The SMILES string of the molecule is CCCCC/C=C\C(C)CNC(=O)[C@@H]1CCCN1C. The molecule has 19 heavy (non-hydrogen) atoms. The summed E-state index contributed by atoms with van der Waals surface area (Å²) in [4.78, 5) is 14.2. The van der Waals surface area contributed by atoms with Gasteiger partial charge in [0.2, 0.25) is 5.91 Å². The Balaban J connectivity index is 2.15. The van der Waals surface area contributed by atoms with Gasteiger partial charge in [0.15, 0.2) is 0 Å². The number of hydrogen-bond donors (Lipinski definition) is 1. The molecule has 0 radical (unpaired) electrons. The maximum atomic E-state index is 12.0. The Morgan fingerprint density at radius 1 is 1.47 bits per heavy atom. The highest BCUT2D eigenvalue weighted by atomic mass is 16.2. The zero-order valence-corrected chi connectivity index (χ0v) is 12.8. The van der Waals surface area contributed by atoms with Crippen molar-refractivity contribution >= 4 is 5.91 Å². The van der Waals surface area contributed by atoms with E-state index in [1.54, 1.807) is 0 Å². The highest BCUT2D eigenvalue weighted by Gasteiger charge is 2.27. The Bertz CT molecular complexity index is 288. The summed E-state index contributed by atoms with van der Waals surface area (Å²) in [6, 6.07) is 0.0979. The van der Waals surface area contributed by atoms with Gasteiger partial charge in [0.25, 0.3) is 0 Å². The van der Waals surface area contributed by atoms with E-state index in [4.69, 9.17) is 0 Å². The predicted octanol–water partition coefficient (Wildman–Crippen LogP) is 2.97. The molecule has 2 atom stereocenters. The summed E-state index contributed by atoms with van der Waals surface area (Å²) in [6.45, 7) is 6.19. The van der Waals surface area contributed by atoms with Crippen LogP contribution in [0.3, 0.4) is 0 Å². The van der Waals surface area contributed by atoms with Crippen LogP contribution in [0.25, 0.3) is 0 Å². The van der Waals surface area contributed by atoms with Crippen LogP contribution in [0.1, 0.15) is 52.4 Å². The third-order valence-corrected chi connectivity index (χ3v) is 3.86. The molecule has 1 heterocycles. The highest BCUT2D eigenvalue weighted by Crippen LogP contribution is 2.14. The van der Waals surface area contributed by atoms with E-state index >= 15 is 0 Å². The number of nitrogens with zero attached hydrogens (tertiary/aromatic N) is 1. The molecule has 0 aromatic rings. The topological polar surface area (TPSA) is 32.3 Å². The third-order valence-electron chi connectivity index (χ3n) is 3.86. The lowest BCUT2D eigenvalue weighted by Gasteiger charge is -2.19. The largest absolute Gasteiger partial charge is 0.354 e. The third kappa shape index (κ3) is 6.24. The van der Waals surface area contributed by atoms with Gasteiger partial charge in [-0.05, 0) is 45.2 Å². The van der Waals surface area contributed by atoms with E-state index in [2.05, 4.69) is 36.2 Å². The van der Waals surface area contributed by atoms with Crippen molar-refractivity contribution in [3.05, 3.63) is 12.2 Å². The number of rotatable bonds is 8. The molecule has 1 N–H and O–H groups in total. The molecular weight excluding hydrogens is 236 g/mol. The van der Waals surface area contributed by atoms with Crippen LogP contribution in [-0.4, -0.2) is 37.0 Å². The molecule has 1 unspecified atom stereocenters. The lowest BCUT2D eigenvalue weighted by Crippen LogP contribution is -2.42. The van der Waals surface area contributed by atoms with Crippen LogP contribution in [0.4, 0.5) is 0 Å². The summed E-state index contributed by atoms with van der Waals surface area (Å²) < 4.78 is 0. The predicted molar refractivity (Wildman–Crippen MR) is 81.1 cm³/mol. The van der Waals surface area contributed by atoms with E-state index in [1.165, 1.54) is 19.3 Å². The zero-order valence-electron chi connectivity index (χ0n) is 12.8. The van der Waals surface area contributed by atoms with Crippen LogP contribution < -0.4 is 5.32 Å². The molecule has 0 aliphatic carbocycles. The van der Waals surface area contributed by atoms with Gasteiger partial charge >= 0.3 is 0 Å². The minimum atomic E-state index is 0.0979. The molecule has 1 rings (SSSR count). The minimum Gasteiger partial charge on any atom is -0.354 e. The van der Waals surface area contributed by atoms with E-state index in [1.807, 2.05) is 7.05 Å². The number of allylic oxidation sites excluding steroid dienone is 1. The van der Waals surface area contributed by atoms with Gasteiger partial charge in [-0.25, -0.2) is 0 Å². The first-order valence-corrected chi connectivity index (χ1v) is 7.79. The Labute approximate surface area is 118 Å². The molecule has 110 valence electrons. The molecule has 0 saturated carbocycles. The number of carbonyl (C=O) groups is 1. The first kappa shape index (κ1) is 16.2. The van der Waals surface area contributed by atoms with Gasteiger partial charge in [-0.2, -0.15) is 0 Å². The van der Waals surface area contributed by atoms with Crippen molar-refractivity contribution in [3.8, 4) is 0 Å². The van der Waals surface area contributed by atoms with Crippen LogP contribution in [-0.2, 0) is 4.79 Å². The van der Waals surface area contributed by atoms with E-state index in [-0.39, 0.29) is 11.9 Å². The van der Waals surface area contributed by atoms with Crippen molar-refractivity contribution in [2.45, 2.75) is 58.4 Å². The number of unbranched alkanes of at least 4 members (excludes halogenated alkanes) is 3. The van der Waals surface area contributed by atoms with Crippen molar-refractivity contribution < 1.29 is 4.79 Å². The number of amides is 1. The fourth-order valence-corrected chi connectivity index (χ4v) is 2.53. The average Bonchev–Trinajstić information content (AvgIpc) is 2.82. The highest BCUT2D eigenvalue weighted by molar-refractivity contribution is 5.81. The second-order valence-corrected chi connectivity index (χ2v) is 5.79. The maximum Gasteiger partial charge on any atom is 0.237 e. The van der Waals surface area contributed by atoms with Gasteiger partial charge in [0.1, 0.15) is 0 Å². The fourth-order valence-electron chi connectivity index (χ4n) is 2.53. The lowest BCUT2D eigenvalue weighted by atomic mass is 10.1. The van der Waals surface area contributed by atoms with Crippen LogP contribution >= 0.6 is 0 Å². The van der Waals surface area contributed by atoms with Crippen molar-refractivity contribution in [2.75, 3.05) is 20.1 Å². The molecule has 3 nitrogen and oxygen atoms in total. The van der Waals surface area contributed by atoms with Gasteiger partial charge in [-0.15, -0.1) is 0 Å². The molecule has 0 spiro atoms. The van der Waals surface area contributed by atoms with Gasteiger partial charge in [-0.3, -0.25) is 9.69 Å². The van der Waals surface area contributed by atoms with Crippen LogP contribution in [0.2, 0.25) is 0 Å². The zero-order chi connectivity index (χ0) is 14.1. The average molecular weight is 266 g/mol. The summed E-state index contributed by atoms with van der Waals surface area (Å²) in [6.07, 6.45) is 11.7. The van der Waals surface area contributed by atoms with Crippen molar-refractivity contribution in [1.82, 2.24) is 10.2 Å². The Hall–Kier alpha value is -0.830. The fraction of sp³-hybridized carbons (Fsp3) is 0.812. The molecule has 0 aromatic heterocycles. The Morgan fingerprint density at radius 3 is 2.89 bits per heavy atom. The van der Waals surface area contributed by atoms with Crippen LogP contribution in [0.15, 0.2) is 12.2 Å². The molecule has 1 fully saturated rings. The molecule has 3 heteroatoms. The molecule has 0 aromatic carbocycles. The summed E-state index contributed by atoms with van der Waals surface area (Å²) in [5.74, 6) is 0.628. The van der Waals surface area contributed by atoms with Crippen molar-refractivity contribution in [3.63, 3.8) is 0 Å². The molecule has 0 bridgehead atoms. The van der Waals surface area contributed by atoms with Crippen molar-refractivity contribution in [1.29, 1.82) is 0 Å². The molecule has 1 aliphatic heterocycles. The smallest absolute Gasteiger partial charge is 0.237 e. The molecule has 1 saturated heterocycles. The lowest BCUT2D eigenvalue weighted by molar-refractivity contribution is -0.125. The van der Waals surface area contributed by atoms with Gasteiger partial charge in [-0.1, -0.05) is 38.8 Å². The molecular formula is C16H30N2O. The van der Waals surface area contributed by atoms with Crippen LogP contribution in [0, 0.1) is 5.92 Å². The first-order chi connectivity index (χ1) is 9.15. The van der Waals surface area contributed by atoms with E-state index in [0.717, 1.165) is 32.4 Å². The summed E-state index contributed by atoms with van der Waals surface area (Å²) in [5.41, 5.74) is 0. The minimum absolute atomic E-state index is 0.0979. The van der Waals surface area contributed by atoms with Gasteiger partial charge in [0.05, 0.1) is 6.04 Å². The number of carbonyl (C=O) groups excluding carboxylic acids is 1. The number of likely N-dealkylation sites (N-methyl/N-ethyl adjacent to an activating group) is 1. The Kier molecular flexibility index (Phi) is 7.80. The van der Waals surface area contributed by atoms with Crippen LogP contribution in [0.5, 0.6) is 0 Å². The normalized spacial score (nSPS) is 21.9. The second kappa shape index (κ2) is 9.13. The quantitative estimate of drug-likeness (QED) is 0.541.